The van der Waals surface area contributed by atoms with E-state index in [1.54, 1.807) is 0 Å². The predicted octanol–water partition coefficient (Wildman–Crippen LogP) is 2.91. The van der Waals surface area contributed by atoms with Crippen molar-refractivity contribution in [3.63, 3.8) is 0 Å². The first-order valence-corrected chi connectivity index (χ1v) is 6.90. The summed E-state index contributed by atoms with van der Waals surface area (Å²) in [5, 5.41) is 0. The van der Waals surface area contributed by atoms with Crippen LogP contribution in [0.4, 0.5) is 0 Å². The Balaban J connectivity index is 1.97. The molecule has 0 aliphatic carbocycles. The van der Waals surface area contributed by atoms with E-state index >= 15 is 0 Å². The van der Waals surface area contributed by atoms with Gasteiger partial charge in [0.15, 0.2) is 0 Å². The van der Waals surface area contributed by atoms with Crippen molar-refractivity contribution in [2.75, 3.05) is 13.1 Å². The van der Waals surface area contributed by atoms with E-state index < -0.39 is 0 Å². The molecule has 0 bridgehead atoms. The van der Waals surface area contributed by atoms with Crippen LogP contribution in [0.5, 0.6) is 0 Å². The van der Waals surface area contributed by atoms with Crippen molar-refractivity contribution in [3.05, 3.63) is 23.2 Å². The second kappa shape index (κ2) is 5.06. The molecule has 1 aliphatic heterocycles. The highest BCUT2D eigenvalue weighted by Crippen LogP contribution is 2.34. The van der Waals surface area contributed by atoms with E-state index in [0.29, 0.717) is 12.0 Å². The second-order valence-electron chi connectivity index (χ2n) is 6.59. The summed E-state index contributed by atoms with van der Waals surface area (Å²) in [4.78, 5) is 2.54. The lowest BCUT2D eigenvalue weighted by atomic mass is 9.80. The number of rotatable bonds is 3. The van der Waals surface area contributed by atoms with Gasteiger partial charge in [0.05, 0.1) is 6.54 Å². The minimum absolute atomic E-state index is 0.419. The molecule has 18 heavy (non-hydrogen) atoms. The molecule has 1 saturated heterocycles. The monoisotopic (exact) mass is 250 g/mol. The minimum atomic E-state index is 0.419. The van der Waals surface area contributed by atoms with Gasteiger partial charge in [-0.25, -0.2) is 0 Å². The lowest BCUT2D eigenvalue weighted by Crippen LogP contribution is -2.25. The number of hydrogen-bond donors (Lipinski definition) is 1. The standard InChI is InChI=1S/C15H26N2O/c1-11-12(7-14(8-16)18-11)9-17-6-5-13(10-17)15(2,3)4/h7,13H,5-6,8-10,16H2,1-4H3. The molecule has 2 rings (SSSR count). The number of aryl methyl sites for hydroxylation is 1. The zero-order valence-electron chi connectivity index (χ0n) is 12.1. The molecule has 3 heteroatoms. The van der Waals surface area contributed by atoms with E-state index in [9.17, 15) is 0 Å². The van der Waals surface area contributed by atoms with Crippen LogP contribution in [0, 0.1) is 18.3 Å². The number of hydrogen-bond acceptors (Lipinski definition) is 3. The summed E-state index contributed by atoms with van der Waals surface area (Å²) in [5.74, 6) is 2.72. The van der Waals surface area contributed by atoms with Gasteiger partial charge in [0, 0.05) is 18.7 Å². The van der Waals surface area contributed by atoms with E-state index in [1.165, 1.54) is 25.1 Å². The van der Waals surface area contributed by atoms with E-state index in [1.807, 2.05) is 6.92 Å². The maximum Gasteiger partial charge on any atom is 0.118 e. The molecule has 2 heterocycles. The molecule has 0 aromatic carbocycles. The lowest BCUT2D eigenvalue weighted by Gasteiger charge is -2.27. The zero-order valence-corrected chi connectivity index (χ0v) is 12.1. The van der Waals surface area contributed by atoms with Crippen LogP contribution < -0.4 is 5.73 Å². The molecule has 0 amide bonds. The van der Waals surface area contributed by atoms with Gasteiger partial charge in [0.1, 0.15) is 11.5 Å². The fourth-order valence-corrected chi connectivity index (χ4v) is 2.77. The van der Waals surface area contributed by atoms with Crippen molar-refractivity contribution in [3.8, 4) is 0 Å². The highest BCUT2D eigenvalue weighted by atomic mass is 16.3. The van der Waals surface area contributed by atoms with Crippen LogP contribution in [0.1, 0.15) is 44.3 Å². The third-order valence-corrected chi connectivity index (χ3v) is 4.16. The Hall–Kier alpha value is -0.800. The van der Waals surface area contributed by atoms with Gasteiger partial charge in [0.2, 0.25) is 0 Å². The van der Waals surface area contributed by atoms with Crippen molar-refractivity contribution < 1.29 is 4.42 Å². The fourth-order valence-electron chi connectivity index (χ4n) is 2.77. The molecule has 2 N–H and O–H groups in total. The number of nitrogens with two attached hydrogens (primary N) is 1. The molecule has 1 unspecified atom stereocenters. The summed E-state index contributed by atoms with van der Waals surface area (Å²) < 4.78 is 5.62. The summed E-state index contributed by atoms with van der Waals surface area (Å²) in [5.41, 5.74) is 7.33. The number of nitrogens with zero attached hydrogens (tertiary/aromatic N) is 1. The fraction of sp³-hybridized carbons (Fsp3) is 0.733. The molecule has 1 aromatic heterocycles. The first kappa shape index (κ1) is 13.6. The smallest absolute Gasteiger partial charge is 0.118 e. The Labute approximate surface area is 110 Å². The van der Waals surface area contributed by atoms with E-state index in [-0.39, 0.29) is 0 Å². The summed E-state index contributed by atoms with van der Waals surface area (Å²) >= 11 is 0. The van der Waals surface area contributed by atoms with Crippen molar-refractivity contribution in [1.29, 1.82) is 0 Å². The first-order valence-electron chi connectivity index (χ1n) is 6.90. The predicted molar refractivity (Wildman–Crippen MR) is 74.2 cm³/mol. The van der Waals surface area contributed by atoms with E-state index in [4.69, 9.17) is 10.2 Å². The van der Waals surface area contributed by atoms with Gasteiger partial charge in [-0.05, 0) is 37.3 Å². The lowest BCUT2D eigenvalue weighted by molar-refractivity contribution is 0.226. The van der Waals surface area contributed by atoms with Gasteiger partial charge in [-0.2, -0.15) is 0 Å². The van der Waals surface area contributed by atoms with Gasteiger partial charge >= 0.3 is 0 Å². The normalized spacial score (nSPS) is 21.7. The third kappa shape index (κ3) is 2.96. The van der Waals surface area contributed by atoms with Crippen LogP contribution in [-0.2, 0) is 13.1 Å². The number of furan rings is 1. The van der Waals surface area contributed by atoms with Gasteiger partial charge in [0.25, 0.3) is 0 Å². The first-order chi connectivity index (χ1) is 8.40. The highest BCUT2D eigenvalue weighted by molar-refractivity contribution is 5.20. The van der Waals surface area contributed by atoms with Crippen LogP contribution in [0.15, 0.2) is 10.5 Å². The molecule has 0 radical (unpaired) electrons. The summed E-state index contributed by atoms with van der Waals surface area (Å²) in [6, 6.07) is 2.11. The van der Waals surface area contributed by atoms with Crippen LogP contribution in [0.2, 0.25) is 0 Å². The molecule has 0 saturated carbocycles. The Kier molecular flexibility index (Phi) is 3.83. The summed E-state index contributed by atoms with van der Waals surface area (Å²) in [7, 11) is 0. The van der Waals surface area contributed by atoms with Crippen LogP contribution in [-0.4, -0.2) is 18.0 Å². The molecular weight excluding hydrogens is 224 g/mol. The average molecular weight is 250 g/mol. The molecular formula is C15H26N2O. The molecule has 1 aliphatic rings. The average Bonchev–Trinajstić information content (AvgIpc) is 2.86. The van der Waals surface area contributed by atoms with Gasteiger partial charge in [-0.1, -0.05) is 20.8 Å². The minimum Gasteiger partial charge on any atom is -0.465 e. The van der Waals surface area contributed by atoms with Gasteiger partial charge in [-0.15, -0.1) is 0 Å². The zero-order chi connectivity index (χ0) is 13.3. The molecule has 3 nitrogen and oxygen atoms in total. The summed E-state index contributed by atoms with van der Waals surface area (Å²) in [6.45, 7) is 13.0. The van der Waals surface area contributed by atoms with Crippen LogP contribution >= 0.6 is 0 Å². The Morgan fingerprint density at radius 3 is 2.67 bits per heavy atom. The quantitative estimate of drug-likeness (QED) is 0.897. The van der Waals surface area contributed by atoms with Crippen molar-refractivity contribution in [2.24, 2.45) is 17.1 Å². The third-order valence-electron chi connectivity index (χ3n) is 4.16. The Bertz CT molecular complexity index is 403. The molecule has 1 aromatic rings. The highest BCUT2D eigenvalue weighted by Gasteiger charge is 2.31. The van der Waals surface area contributed by atoms with Crippen molar-refractivity contribution in [2.45, 2.75) is 47.2 Å². The maximum atomic E-state index is 5.62. The van der Waals surface area contributed by atoms with Crippen LogP contribution in [0.3, 0.4) is 0 Å². The largest absolute Gasteiger partial charge is 0.465 e. The van der Waals surface area contributed by atoms with Gasteiger partial charge in [-0.3, -0.25) is 4.90 Å². The Morgan fingerprint density at radius 1 is 1.44 bits per heavy atom. The topological polar surface area (TPSA) is 42.4 Å². The molecule has 1 atom stereocenters. The van der Waals surface area contributed by atoms with Crippen molar-refractivity contribution >= 4 is 0 Å². The summed E-state index contributed by atoms with van der Waals surface area (Å²) in [6.07, 6.45) is 1.31. The molecule has 1 fully saturated rings. The van der Waals surface area contributed by atoms with Crippen molar-refractivity contribution in [1.82, 2.24) is 4.90 Å². The second-order valence-corrected chi connectivity index (χ2v) is 6.59. The van der Waals surface area contributed by atoms with E-state index in [2.05, 4.69) is 31.7 Å². The molecule has 0 spiro atoms. The maximum absolute atomic E-state index is 5.62. The number of likely N-dealkylation sites (tertiary alicyclic amines) is 1. The Morgan fingerprint density at radius 2 is 2.17 bits per heavy atom. The van der Waals surface area contributed by atoms with E-state index in [0.717, 1.165) is 24.0 Å². The van der Waals surface area contributed by atoms with Gasteiger partial charge < -0.3 is 10.2 Å². The SMILES string of the molecule is Cc1oc(CN)cc1CN1CCC(C(C)(C)C)C1. The van der Waals surface area contributed by atoms with Crippen LogP contribution in [0.25, 0.3) is 0 Å². The molecule has 102 valence electrons.